The number of hydrogen-bond acceptors (Lipinski definition) is 2. The summed E-state index contributed by atoms with van der Waals surface area (Å²) in [7, 11) is 0. The molecule has 0 saturated heterocycles. The van der Waals surface area contributed by atoms with Crippen LogP contribution in [0.1, 0.15) is 18.1 Å². The monoisotopic (exact) mass is 342 g/mol. The molecule has 0 atom stereocenters. The Morgan fingerprint density at radius 3 is 2.39 bits per heavy atom. The first-order valence-electron chi connectivity index (χ1n) is 6.65. The molecule has 2 rings (SSSR count). The lowest BCUT2D eigenvalue weighted by molar-refractivity contribution is -0.137. The summed E-state index contributed by atoms with van der Waals surface area (Å²) >= 11 is 6.09. The molecule has 0 fully saturated rings. The molecule has 0 spiro atoms. The Kier molecular flexibility index (Phi) is 4.56. The minimum atomic E-state index is -4.50. The van der Waals surface area contributed by atoms with Crippen molar-refractivity contribution in [2.75, 3.05) is 11.1 Å². The predicted molar refractivity (Wildman–Crippen MR) is 85.3 cm³/mol. The first kappa shape index (κ1) is 17.1. The van der Waals surface area contributed by atoms with Crippen molar-refractivity contribution in [1.29, 1.82) is 0 Å². The first-order chi connectivity index (χ1) is 10.6. The van der Waals surface area contributed by atoms with Gasteiger partial charge in [0.05, 0.1) is 22.0 Å². The van der Waals surface area contributed by atoms with Crippen molar-refractivity contribution < 1.29 is 18.0 Å². The topological polar surface area (TPSA) is 55.1 Å². The van der Waals surface area contributed by atoms with E-state index in [0.29, 0.717) is 5.56 Å². The van der Waals surface area contributed by atoms with Crippen LogP contribution in [0.25, 0.3) is 11.1 Å². The fourth-order valence-corrected chi connectivity index (χ4v) is 2.57. The molecule has 0 saturated carbocycles. The average Bonchev–Trinajstić information content (AvgIpc) is 2.46. The van der Waals surface area contributed by atoms with Gasteiger partial charge >= 0.3 is 6.18 Å². The van der Waals surface area contributed by atoms with Gasteiger partial charge in [-0.2, -0.15) is 13.2 Å². The molecule has 2 aromatic rings. The molecule has 3 N–H and O–H groups in total. The molecule has 122 valence electrons. The van der Waals surface area contributed by atoms with E-state index in [1.165, 1.54) is 31.2 Å². The summed E-state index contributed by atoms with van der Waals surface area (Å²) < 4.78 is 39.6. The number of alkyl halides is 3. The maximum absolute atomic E-state index is 13.2. The van der Waals surface area contributed by atoms with Crippen LogP contribution in [-0.4, -0.2) is 5.91 Å². The minimum absolute atomic E-state index is 0.0134. The molecule has 0 aliphatic heterocycles. The molecular weight excluding hydrogens is 329 g/mol. The lowest BCUT2D eigenvalue weighted by Crippen LogP contribution is -2.11. The van der Waals surface area contributed by atoms with E-state index >= 15 is 0 Å². The SMILES string of the molecule is CC(=O)Nc1c(Cl)cc(-c2ccccc2C(F)(F)F)c(C)c1N. The zero-order valence-corrected chi connectivity index (χ0v) is 13.1. The Morgan fingerprint density at radius 2 is 1.83 bits per heavy atom. The average molecular weight is 343 g/mol. The maximum Gasteiger partial charge on any atom is 0.417 e. The van der Waals surface area contributed by atoms with Crippen molar-refractivity contribution in [2.24, 2.45) is 0 Å². The molecule has 0 aromatic heterocycles. The highest BCUT2D eigenvalue weighted by molar-refractivity contribution is 6.35. The van der Waals surface area contributed by atoms with Gasteiger partial charge in [0.25, 0.3) is 0 Å². The van der Waals surface area contributed by atoms with Gasteiger partial charge in [-0.3, -0.25) is 4.79 Å². The van der Waals surface area contributed by atoms with Crippen molar-refractivity contribution >= 4 is 28.9 Å². The highest BCUT2D eigenvalue weighted by Crippen LogP contribution is 2.42. The summed E-state index contributed by atoms with van der Waals surface area (Å²) in [5.41, 5.74) is 6.18. The van der Waals surface area contributed by atoms with Gasteiger partial charge in [0.1, 0.15) is 0 Å². The highest BCUT2D eigenvalue weighted by atomic mass is 35.5. The van der Waals surface area contributed by atoms with Crippen LogP contribution in [0.15, 0.2) is 30.3 Å². The molecule has 2 aromatic carbocycles. The number of benzene rings is 2. The number of carbonyl (C=O) groups is 1. The third kappa shape index (κ3) is 3.42. The van der Waals surface area contributed by atoms with Crippen molar-refractivity contribution in [2.45, 2.75) is 20.0 Å². The van der Waals surface area contributed by atoms with E-state index in [0.717, 1.165) is 6.07 Å². The Morgan fingerprint density at radius 1 is 1.22 bits per heavy atom. The number of amides is 1. The Bertz CT molecular complexity index is 773. The van der Waals surface area contributed by atoms with Gasteiger partial charge < -0.3 is 11.1 Å². The number of halogens is 4. The highest BCUT2D eigenvalue weighted by Gasteiger charge is 2.34. The maximum atomic E-state index is 13.2. The van der Waals surface area contributed by atoms with E-state index in [1.807, 2.05) is 0 Å². The van der Waals surface area contributed by atoms with Crippen LogP contribution in [0, 0.1) is 6.92 Å². The number of nitrogens with two attached hydrogens (primary N) is 1. The lowest BCUT2D eigenvalue weighted by Gasteiger charge is -2.18. The summed E-state index contributed by atoms with van der Waals surface area (Å²) in [4.78, 5) is 11.2. The second-order valence-corrected chi connectivity index (χ2v) is 5.45. The summed E-state index contributed by atoms with van der Waals surface area (Å²) in [5.74, 6) is -0.374. The quantitative estimate of drug-likeness (QED) is 0.765. The van der Waals surface area contributed by atoms with E-state index < -0.39 is 11.7 Å². The van der Waals surface area contributed by atoms with Crippen molar-refractivity contribution in [3.05, 3.63) is 46.5 Å². The van der Waals surface area contributed by atoms with Crippen LogP contribution in [0.4, 0.5) is 24.5 Å². The third-order valence-electron chi connectivity index (χ3n) is 3.41. The normalized spacial score (nSPS) is 11.4. The number of anilines is 2. The Labute approximate surface area is 136 Å². The van der Waals surface area contributed by atoms with Crippen LogP contribution < -0.4 is 11.1 Å². The Hall–Kier alpha value is -2.21. The molecule has 0 aliphatic carbocycles. The smallest absolute Gasteiger partial charge is 0.397 e. The summed E-state index contributed by atoms with van der Waals surface area (Å²) in [6.45, 7) is 2.87. The van der Waals surface area contributed by atoms with Crippen LogP contribution in [0.2, 0.25) is 5.02 Å². The van der Waals surface area contributed by atoms with Gasteiger partial charge in [0.15, 0.2) is 0 Å². The molecule has 3 nitrogen and oxygen atoms in total. The molecular formula is C16H14ClF3N2O. The van der Waals surface area contributed by atoms with Gasteiger partial charge in [0, 0.05) is 6.92 Å². The molecule has 0 aliphatic rings. The van der Waals surface area contributed by atoms with Gasteiger partial charge in [-0.05, 0) is 35.7 Å². The van der Waals surface area contributed by atoms with E-state index in [-0.39, 0.29) is 33.4 Å². The van der Waals surface area contributed by atoms with Gasteiger partial charge in [-0.1, -0.05) is 29.8 Å². The van der Waals surface area contributed by atoms with Crippen LogP contribution in [-0.2, 0) is 11.0 Å². The third-order valence-corrected chi connectivity index (χ3v) is 3.71. The number of rotatable bonds is 2. The zero-order valence-electron chi connectivity index (χ0n) is 12.4. The van der Waals surface area contributed by atoms with Crippen LogP contribution >= 0.6 is 11.6 Å². The molecule has 1 amide bonds. The summed E-state index contributed by atoms with van der Waals surface area (Å²) in [6, 6.07) is 6.57. The molecule has 7 heteroatoms. The van der Waals surface area contributed by atoms with Gasteiger partial charge in [0.2, 0.25) is 5.91 Å². The first-order valence-corrected chi connectivity index (χ1v) is 7.03. The standard InChI is InChI=1S/C16H14ClF3N2O/c1-8-11(7-13(17)15(14(8)21)22-9(2)23)10-5-3-4-6-12(10)16(18,19)20/h3-7H,21H2,1-2H3,(H,22,23). The molecule has 0 heterocycles. The van der Waals surface area contributed by atoms with E-state index in [4.69, 9.17) is 17.3 Å². The molecule has 0 bridgehead atoms. The minimum Gasteiger partial charge on any atom is -0.397 e. The van der Waals surface area contributed by atoms with Gasteiger partial charge in [-0.25, -0.2) is 0 Å². The van der Waals surface area contributed by atoms with E-state index in [2.05, 4.69) is 5.32 Å². The van der Waals surface area contributed by atoms with Crippen molar-refractivity contribution in [1.82, 2.24) is 0 Å². The zero-order chi connectivity index (χ0) is 17.4. The number of nitrogen functional groups attached to an aromatic ring is 1. The Balaban J connectivity index is 2.70. The fourth-order valence-electron chi connectivity index (χ4n) is 2.32. The molecule has 0 radical (unpaired) electrons. The fraction of sp³-hybridized carbons (Fsp3) is 0.188. The summed E-state index contributed by atoms with van der Waals surface area (Å²) in [5, 5.41) is 2.57. The predicted octanol–water partition coefficient (Wildman–Crippen LogP) is 4.87. The molecule has 0 unspecified atom stereocenters. The van der Waals surface area contributed by atoms with Crippen molar-refractivity contribution in [3.8, 4) is 11.1 Å². The second kappa shape index (κ2) is 6.12. The van der Waals surface area contributed by atoms with Crippen LogP contribution in [0.3, 0.4) is 0 Å². The van der Waals surface area contributed by atoms with E-state index in [1.54, 1.807) is 6.92 Å². The second-order valence-electron chi connectivity index (χ2n) is 5.04. The van der Waals surface area contributed by atoms with Crippen molar-refractivity contribution in [3.63, 3.8) is 0 Å². The van der Waals surface area contributed by atoms with Crippen LogP contribution in [0.5, 0.6) is 0 Å². The number of carbonyl (C=O) groups excluding carboxylic acids is 1. The van der Waals surface area contributed by atoms with E-state index in [9.17, 15) is 18.0 Å². The molecule has 23 heavy (non-hydrogen) atoms. The van der Waals surface area contributed by atoms with Gasteiger partial charge in [-0.15, -0.1) is 0 Å². The largest absolute Gasteiger partial charge is 0.417 e. The lowest BCUT2D eigenvalue weighted by atomic mass is 9.94. The summed E-state index contributed by atoms with van der Waals surface area (Å²) in [6.07, 6.45) is -4.50. The number of hydrogen-bond donors (Lipinski definition) is 2. The number of nitrogens with one attached hydrogen (secondary N) is 1.